The number of nitrogens with one attached hydrogen (secondary N) is 1. The minimum absolute atomic E-state index is 0.146. The van der Waals surface area contributed by atoms with Crippen LogP contribution in [0.1, 0.15) is 17.1 Å². The van der Waals surface area contributed by atoms with Crippen molar-refractivity contribution in [3.05, 3.63) is 63.8 Å². The van der Waals surface area contributed by atoms with E-state index in [1.54, 1.807) is 0 Å². The fourth-order valence-electron chi connectivity index (χ4n) is 2.17. The summed E-state index contributed by atoms with van der Waals surface area (Å²) in [5.41, 5.74) is 7.52. The van der Waals surface area contributed by atoms with Gasteiger partial charge in [-0.15, -0.1) is 10.2 Å². The van der Waals surface area contributed by atoms with E-state index in [9.17, 15) is 4.79 Å². The summed E-state index contributed by atoms with van der Waals surface area (Å²) in [6.45, 7) is 0.146. The molecule has 2 aromatic heterocycles. The zero-order valence-corrected chi connectivity index (χ0v) is 11.8. The van der Waals surface area contributed by atoms with Crippen molar-refractivity contribution in [2.24, 2.45) is 0 Å². The smallest absolute Gasteiger partial charge is 0.255 e. The number of anilines is 1. The Hall–Kier alpha value is -3.03. The lowest BCUT2D eigenvalue weighted by Crippen LogP contribution is -2.26. The van der Waals surface area contributed by atoms with Crippen LogP contribution in [0, 0.1) is 0 Å². The van der Waals surface area contributed by atoms with Crippen LogP contribution in [-0.2, 0) is 19.4 Å². The number of H-pyrrole nitrogens is 1. The number of aromatic amines is 1. The van der Waals surface area contributed by atoms with Gasteiger partial charge in [0.05, 0.1) is 12.2 Å². The number of aryl methyl sites for hydroxylation is 2. The van der Waals surface area contributed by atoms with Crippen molar-refractivity contribution in [2.45, 2.75) is 19.4 Å². The summed E-state index contributed by atoms with van der Waals surface area (Å²) in [5, 5.41) is 13.4. The van der Waals surface area contributed by atoms with Crippen LogP contribution < -0.4 is 11.3 Å². The number of nitrogens with zero attached hydrogens (tertiary/aromatic N) is 5. The Balaban J connectivity index is 1.76. The third-order valence-electron chi connectivity index (χ3n) is 3.29. The second kappa shape index (κ2) is 6.17. The molecule has 3 rings (SSSR count). The van der Waals surface area contributed by atoms with Crippen molar-refractivity contribution in [1.82, 2.24) is 30.2 Å². The molecule has 3 N–H and O–H groups in total. The van der Waals surface area contributed by atoms with E-state index >= 15 is 0 Å². The van der Waals surface area contributed by atoms with Gasteiger partial charge in [0, 0.05) is 6.07 Å². The van der Waals surface area contributed by atoms with E-state index in [-0.39, 0.29) is 18.1 Å². The van der Waals surface area contributed by atoms with E-state index in [1.807, 2.05) is 30.3 Å². The Kier molecular flexibility index (Phi) is 3.90. The van der Waals surface area contributed by atoms with Gasteiger partial charge in [0.25, 0.3) is 5.56 Å². The van der Waals surface area contributed by atoms with Crippen molar-refractivity contribution >= 4 is 5.95 Å². The lowest BCUT2D eigenvalue weighted by Gasteiger charge is -2.08. The summed E-state index contributed by atoms with van der Waals surface area (Å²) in [7, 11) is 0. The summed E-state index contributed by atoms with van der Waals surface area (Å²) in [5.74, 6) is 0.535. The number of benzene rings is 1. The van der Waals surface area contributed by atoms with Crippen LogP contribution in [0.2, 0.25) is 0 Å². The summed E-state index contributed by atoms with van der Waals surface area (Å²) in [6, 6.07) is 11.5. The Bertz CT molecular complexity index is 796. The third-order valence-corrected chi connectivity index (χ3v) is 3.29. The minimum atomic E-state index is -0.222. The normalized spacial score (nSPS) is 10.7. The molecular formula is C14H15N7O. The molecule has 0 saturated heterocycles. The van der Waals surface area contributed by atoms with Crippen molar-refractivity contribution in [3.8, 4) is 0 Å². The standard InChI is InChI=1S/C14H15N7O/c15-14-16-11(7-6-10-4-2-1-3-5-10)8-13(22)21(14)9-12-17-19-20-18-12/h1-5,8H,6-7,9H2,(H2,15,16)(H,17,18,19,20). The molecule has 0 saturated carbocycles. The molecule has 1 aromatic carbocycles. The second-order valence-corrected chi connectivity index (χ2v) is 4.84. The van der Waals surface area contributed by atoms with Crippen molar-refractivity contribution < 1.29 is 0 Å². The van der Waals surface area contributed by atoms with Crippen LogP contribution in [0.5, 0.6) is 0 Å². The number of aromatic nitrogens is 6. The minimum Gasteiger partial charge on any atom is -0.369 e. The molecule has 8 heteroatoms. The Morgan fingerprint density at radius 3 is 2.68 bits per heavy atom. The Labute approximate surface area is 126 Å². The quantitative estimate of drug-likeness (QED) is 0.693. The zero-order chi connectivity index (χ0) is 15.4. The highest BCUT2D eigenvalue weighted by molar-refractivity contribution is 5.23. The van der Waals surface area contributed by atoms with E-state index < -0.39 is 0 Å². The van der Waals surface area contributed by atoms with Crippen LogP contribution in [0.3, 0.4) is 0 Å². The van der Waals surface area contributed by atoms with Gasteiger partial charge in [-0.05, 0) is 18.4 Å². The van der Waals surface area contributed by atoms with Gasteiger partial charge in [0.1, 0.15) is 0 Å². The van der Waals surface area contributed by atoms with Gasteiger partial charge in [-0.1, -0.05) is 35.5 Å². The molecule has 2 heterocycles. The monoisotopic (exact) mass is 297 g/mol. The van der Waals surface area contributed by atoms with E-state index in [0.29, 0.717) is 17.9 Å². The molecule has 8 nitrogen and oxygen atoms in total. The summed E-state index contributed by atoms with van der Waals surface area (Å²) < 4.78 is 1.32. The highest BCUT2D eigenvalue weighted by atomic mass is 16.1. The van der Waals surface area contributed by atoms with E-state index in [1.165, 1.54) is 16.2 Å². The fourth-order valence-corrected chi connectivity index (χ4v) is 2.17. The maximum atomic E-state index is 12.2. The van der Waals surface area contributed by atoms with Crippen molar-refractivity contribution in [1.29, 1.82) is 0 Å². The number of nitrogens with two attached hydrogens (primary N) is 1. The van der Waals surface area contributed by atoms with Gasteiger partial charge in [-0.3, -0.25) is 9.36 Å². The van der Waals surface area contributed by atoms with Crippen molar-refractivity contribution in [2.75, 3.05) is 5.73 Å². The number of rotatable bonds is 5. The largest absolute Gasteiger partial charge is 0.369 e. The Morgan fingerprint density at radius 2 is 2.00 bits per heavy atom. The number of hydrogen-bond acceptors (Lipinski definition) is 6. The molecule has 0 aliphatic rings. The van der Waals surface area contributed by atoms with Gasteiger partial charge in [0.2, 0.25) is 5.95 Å². The number of hydrogen-bond donors (Lipinski definition) is 2. The number of nitrogen functional groups attached to an aromatic ring is 1. The molecule has 0 spiro atoms. The average molecular weight is 297 g/mol. The molecule has 0 aliphatic carbocycles. The predicted octanol–water partition coefficient (Wildman–Crippen LogP) is 0.172. The molecule has 22 heavy (non-hydrogen) atoms. The van der Waals surface area contributed by atoms with Crippen LogP contribution in [0.4, 0.5) is 5.95 Å². The summed E-state index contributed by atoms with van der Waals surface area (Å²) in [4.78, 5) is 16.4. The van der Waals surface area contributed by atoms with Gasteiger partial charge >= 0.3 is 0 Å². The maximum absolute atomic E-state index is 12.2. The first kappa shape index (κ1) is 13.9. The highest BCUT2D eigenvalue weighted by Gasteiger charge is 2.09. The summed E-state index contributed by atoms with van der Waals surface area (Å²) in [6.07, 6.45) is 1.47. The number of tetrazole rings is 1. The molecule has 0 unspecified atom stereocenters. The van der Waals surface area contributed by atoms with Gasteiger partial charge in [0.15, 0.2) is 5.82 Å². The predicted molar refractivity (Wildman–Crippen MR) is 80.0 cm³/mol. The lowest BCUT2D eigenvalue weighted by atomic mass is 10.1. The van der Waals surface area contributed by atoms with Gasteiger partial charge < -0.3 is 5.73 Å². The van der Waals surface area contributed by atoms with Crippen LogP contribution in [-0.4, -0.2) is 30.2 Å². The van der Waals surface area contributed by atoms with E-state index in [2.05, 4.69) is 25.6 Å². The highest BCUT2D eigenvalue weighted by Crippen LogP contribution is 2.06. The Morgan fingerprint density at radius 1 is 1.18 bits per heavy atom. The first-order valence-electron chi connectivity index (χ1n) is 6.85. The molecule has 0 fully saturated rings. The summed E-state index contributed by atoms with van der Waals surface area (Å²) >= 11 is 0. The zero-order valence-electron chi connectivity index (χ0n) is 11.8. The first-order valence-corrected chi connectivity index (χ1v) is 6.85. The molecular weight excluding hydrogens is 282 g/mol. The molecule has 3 aromatic rings. The fraction of sp³-hybridized carbons (Fsp3) is 0.214. The second-order valence-electron chi connectivity index (χ2n) is 4.84. The van der Waals surface area contributed by atoms with Crippen LogP contribution in [0.15, 0.2) is 41.2 Å². The van der Waals surface area contributed by atoms with E-state index in [0.717, 1.165) is 6.42 Å². The average Bonchev–Trinajstić information content (AvgIpc) is 3.03. The van der Waals surface area contributed by atoms with Gasteiger partial charge in [-0.25, -0.2) is 4.98 Å². The molecule has 0 atom stereocenters. The lowest BCUT2D eigenvalue weighted by molar-refractivity contribution is 0.702. The van der Waals surface area contributed by atoms with Crippen molar-refractivity contribution in [3.63, 3.8) is 0 Å². The van der Waals surface area contributed by atoms with Crippen LogP contribution in [0.25, 0.3) is 0 Å². The topological polar surface area (TPSA) is 115 Å². The van der Waals surface area contributed by atoms with Crippen LogP contribution >= 0.6 is 0 Å². The maximum Gasteiger partial charge on any atom is 0.255 e. The van der Waals surface area contributed by atoms with E-state index in [4.69, 9.17) is 5.73 Å². The molecule has 0 bridgehead atoms. The van der Waals surface area contributed by atoms with Gasteiger partial charge in [-0.2, -0.15) is 5.21 Å². The first-order chi connectivity index (χ1) is 10.7. The molecule has 0 amide bonds. The third kappa shape index (κ3) is 3.17. The SMILES string of the molecule is Nc1nc(CCc2ccccc2)cc(=O)n1Cc1nn[nH]n1. The molecule has 0 aliphatic heterocycles. The molecule has 112 valence electrons. The molecule has 0 radical (unpaired) electrons.